The first-order valence-electron chi connectivity index (χ1n) is 6.87. The minimum absolute atomic E-state index is 0.254. The fourth-order valence-corrected chi connectivity index (χ4v) is 2.08. The molecule has 0 spiro atoms. The number of hydrogen-bond donors (Lipinski definition) is 1. The summed E-state index contributed by atoms with van der Waals surface area (Å²) in [5.74, 6) is 0.380. The summed E-state index contributed by atoms with van der Waals surface area (Å²) in [5, 5.41) is 9.98. The van der Waals surface area contributed by atoms with Crippen molar-refractivity contribution in [1.29, 1.82) is 0 Å². The first-order chi connectivity index (χ1) is 9.63. The number of aliphatic hydroxyl groups is 1. The topological polar surface area (TPSA) is 65.0 Å². The molecular formula is C15H20O5. The molecule has 1 N–H and O–H groups in total. The molecule has 0 fully saturated rings. The Labute approximate surface area is 118 Å². The fourth-order valence-electron chi connectivity index (χ4n) is 2.08. The average molecular weight is 280 g/mol. The number of aliphatic hydroxyl groups excluding tert-OH is 1. The lowest BCUT2D eigenvalue weighted by Crippen LogP contribution is -2.28. The number of benzene rings is 1. The van der Waals surface area contributed by atoms with Crippen LogP contribution in [0.25, 0.3) is 0 Å². The molecule has 2 rings (SSSR count). The van der Waals surface area contributed by atoms with E-state index in [1.54, 1.807) is 13.8 Å². The van der Waals surface area contributed by atoms with Gasteiger partial charge in [0.05, 0.1) is 19.8 Å². The van der Waals surface area contributed by atoms with Crippen LogP contribution in [0, 0.1) is 0 Å². The summed E-state index contributed by atoms with van der Waals surface area (Å²) in [4.78, 5) is 11.6. The molecule has 1 aliphatic heterocycles. The van der Waals surface area contributed by atoms with Crippen molar-refractivity contribution >= 4 is 5.97 Å². The van der Waals surface area contributed by atoms with Crippen LogP contribution >= 0.6 is 0 Å². The summed E-state index contributed by atoms with van der Waals surface area (Å²) in [6, 6.07) is 5.46. The van der Waals surface area contributed by atoms with Gasteiger partial charge < -0.3 is 19.3 Å². The van der Waals surface area contributed by atoms with Gasteiger partial charge in [-0.05, 0) is 24.6 Å². The molecule has 0 aliphatic carbocycles. The molecule has 5 heteroatoms. The van der Waals surface area contributed by atoms with Gasteiger partial charge in [-0.1, -0.05) is 13.0 Å². The molecule has 0 aromatic heterocycles. The van der Waals surface area contributed by atoms with E-state index >= 15 is 0 Å². The van der Waals surface area contributed by atoms with Gasteiger partial charge in [0.15, 0.2) is 17.6 Å². The predicted molar refractivity (Wildman–Crippen MR) is 73.1 cm³/mol. The lowest BCUT2D eigenvalue weighted by Gasteiger charge is -2.19. The third-order valence-electron chi connectivity index (χ3n) is 3.30. The number of fused-ring (bicyclic) bond motifs is 1. The van der Waals surface area contributed by atoms with Gasteiger partial charge in [0.25, 0.3) is 0 Å². The fraction of sp³-hybridized carbons (Fsp3) is 0.533. The quantitative estimate of drug-likeness (QED) is 0.853. The van der Waals surface area contributed by atoms with Gasteiger partial charge in [-0.25, -0.2) is 4.79 Å². The molecule has 0 saturated carbocycles. The van der Waals surface area contributed by atoms with E-state index in [4.69, 9.17) is 14.2 Å². The Morgan fingerprint density at radius 2 is 2.05 bits per heavy atom. The molecule has 0 bridgehead atoms. The van der Waals surface area contributed by atoms with Gasteiger partial charge in [0, 0.05) is 12.3 Å². The Hall–Kier alpha value is -1.75. The molecule has 2 unspecified atom stereocenters. The van der Waals surface area contributed by atoms with E-state index < -0.39 is 12.1 Å². The highest BCUT2D eigenvalue weighted by Crippen LogP contribution is 2.33. The second kappa shape index (κ2) is 6.61. The van der Waals surface area contributed by atoms with Gasteiger partial charge in [0.1, 0.15) is 0 Å². The van der Waals surface area contributed by atoms with Crippen LogP contribution < -0.4 is 9.47 Å². The molecule has 0 amide bonds. The van der Waals surface area contributed by atoms with Crippen LogP contribution in [0.4, 0.5) is 0 Å². The summed E-state index contributed by atoms with van der Waals surface area (Å²) >= 11 is 0. The molecule has 2 atom stereocenters. The van der Waals surface area contributed by atoms with Crippen LogP contribution in [-0.2, 0) is 9.53 Å². The SMILES string of the molecule is CCOC(=O)C(O)C(C)c1ccc2c(c1)OCCCO2. The van der Waals surface area contributed by atoms with Crippen molar-refractivity contribution in [2.75, 3.05) is 19.8 Å². The highest BCUT2D eigenvalue weighted by molar-refractivity contribution is 5.75. The van der Waals surface area contributed by atoms with Gasteiger partial charge in [-0.3, -0.25) is 0 Å². The van der Waals surface area contributed by atoms with Crippen molar-refractivity contribution < 1.29 is 24.1 Å². The molecule has 1 aliphatic rings. The van der Waals surface area contributed by atoms with Crippen LogP contribution in [0.3, 0.4) is 0 Å². The van der Waals surface area contributed by atoms with E-state index in [0.29, 0.717) is 24.7 Å². The lowest BCUT2D eigenvalue weighted by molar-refractivity contribution is -0.154. The monoisotopic (exact) mass is 280 g/mol. The van der Waals surface area contributed by atoms with Gasteiger partial charge in [0.2, 0.25) is 0 Å². The molecule has 1 aromatic rings. The molecular weight excluding hydrogens is 260 g/mol. The van der Waals surface area contributed by atoms with E-state index in [9.17, 15) is 9.90 Å². The third-order valence-corrected chi connectivity index (χ3v) is 3.30. The van der Waals surface area contributed by atoms with Crippen molar-refractivity contribution in [3.05, 3.63) is 23.8 Å². The summed E-state index contributed by atoms with van der Waals surface area (Å²) in [5.41, 5.74) is 0.815. The smallest absolute Gasteiger partial charge is 0.335 e. The zero-order valence-corrected chi connectivity index (χ0v) is 11.8. The maximum Gasteiger partial charge on any atom is 0.335 e. The van der Waals surface area contributed by atoms with E-state index in [2.05, 4.69) is 0 Å². The number of hydrogen-bond acceptors (Lipinski definition) is 5. The molecule has 0 radical (unpaired) electrons. The minimum atomic E-state index is -1.18. The average Bonchev–Trinajstić information content (AvgIpc) is 2.70. The normalized spacial score (nSPS) is 16.9. The Bertz CT molecular complexity index is 471. The highest BCUT2D eigenvalue weighted by atomic mass is 16.5. The zero-order chi connectivity index (χ0) is 14.5. The Morgan fingerprint density at radius 1 is 1.35 bits per heavy atom. The second-order valence-corrected chi connectivity index (χ2v) is 4.74. The van der Waals surface area contributed by atoms with E-state index in [0.717, 1.165) is 12.0 Å². The first kappa shape index (κ1) is 14.7. The summed E-state index contributed by atoms with van der Waals surface area (Å²) in [7, 11) is 0. The van der Waals surface area contributed by atoms with Crippen LogP contribution in [0.15, 0.2) is 18.2 Å². The van der Waals surface area contributed by atoms with Crippen LogP contribution in [0.1, 0.15) is 31.7 Å². The number of rotatable bonds is 4. The maximum atomic E-state index is 11.6. The number of esters is 1. The van der Waals surface area contributed by atoms with Crippen molar-refractivity contribution in [3.8, 4) is 11.5 Å². The van der Waals surface area contributed by atoms with Crippen molar-refractivity contribution in [2.24, 2.45) is 0 Å². The molecule has 0 saturated heterocycles. The van der Waals surface area contributed by atoms with Crippen molar-refractivity contribution in [1.82, 2.24) is 0 Å². The lowest BCUT2D eigenvalue weighted by atomic mass is 9.95. The zero-order valence-electron chi connectivity index (χ0n) is 11.8. The first-order valence-corrected chi connectivity index (χ1v) is 6.87. The summed E-state index contributed by atoms with van der Waals surface area (Å²) in [6.07, 6.45) is -0.343. The Morgan fingerprint density at radius 3 is 2.75 bits per heavy atom. The largest absolute Gasteiger partial charge is 0.490 e. The van der Waals surface area contributed by atoms with Crippen molar-refractivity contribution in [2.45, 2.75) is 32.3 Å². The molecule has 110 valence electrons. The second-order valence-electron chi connectivity index (χ2n) is 4.74. The maximum absolute atomic E-state index is 11.6. The standard InChI is InChI=1S/C15H20O5/c1-3-18-15(17)14(16)10(2)11-5-6-12-13(9-11)20-8-4-7-19-12/h5-6,9-10,14,16H,3-4,7-8H2,1-2H3. The highest BCUT2D eigenvalue weighted by Gasteiger charge is 2.26. The van der Waals surface area contributed by atoms with Crippen LogP contribution in [0.5, 0.6) is 11.5 Å². The van der Waals surface area contributed by atoms with Gasteiger partial charge in [-0.2, -0.15) is 0 Å². The molecule has 20 heavy (non-hydrogen) atoms. The van der Waals surface area contributed by atoms with Gasteiger partial charge in [-0.15, -0.1) is 0 Å². The molecule has 1 heterocycles. The van der Waals surface area contributed by atoms with Crippen LogP contribution in [0.2, 0.25) is 0 Å². The van der Waals surface area contributed by atoms with E-state index in [1.165, 1.54) is 0 Å². The number of carbonyl (C=O) groups excluding carboxylic acids is 1. The van der Waals surface area contributed by atoms with E-state index in [-0.39, 0.29) is 12.5 Å². The third kappa shape index (κ3) is 3.22. The molecule has 1 aromatic carbocycles. The Kier molecular flexibility index (Phi) is 4.84. The minimum Gasteiger partial charge on any atom is -0.490 e. The van der Waals surface area contributed by atoms with E-state index in [1.807, 2.05) is 18.2 Å². The Balaban J connectivity index is 2.16. The summed E-state index contributed by atoms with van der Waals surface area (Å²) < 4.78 is 16.0. The van der Waals surface area contributed by atoms with Gasteiger partial charge >= 0.3 is 5.97 Å². The molecule has 5 nitrogen and oxygen atoms in total. The number of ether oxygens (including phenoxy) is 3. The van der Waals surface area contributed by atoms with Crippen molar-refractivity contribution in [3.63, 3.8) is 0 Å². The van der Waals surface area contributed by atoms with Crippen LogP contribution in [-0.4, -0.2) is 37.0 Å². The number of carbonyl (C=O) groups is 1. The predicted octanol–water partition coefficient (Wildman–Crippen LogP) is 1.88. The summed E-state index contributed by atoms with van der Waals surface area (Å²) in [6.45, 7) is 4.98.